The van der Waals surface area contributed by atoms with Gasteiger partial charge in [-0.25, -0.2) is 9.97 Å². The molecule has 3 heterocycles. The fourth-order valence-corrected chi connectivity index (χ4v) is 2.97. The molecular formula is C16H21N5O2. The Morgan fingerprint density at radius 2 is 2.09 bits per heavy atom. The van der Waals surface area contributed by atoms with Crippen molar-refractivity contribution in [2.45, 2.75) is 25.3 Å². The molecule has 7 nitrogen and oxygen atoms in total. The predicted molar refractivity (Wildman–Crippen MR) is 84.0 cm³/mol. The van der Waals surface area contributed by atoms with Crippen LogP contribution in [0.3, 0.4) is 0 Å². The normalized spacial score (nSPS) is 15.8. The van der Waals surface area contributed by atoms with Gasteiger partial charge in [-0.1, -0.05) is 0 Å². The van der Waals surface area contributed by atoms with Gasteiger partial charge < -0.3 is 14.2 Å². The lowest BCUT2D eigenvalue weighted by Crippen LogP contribution is -2.38. The van der Waals surface area contributed by atoms with E-state index in [1.807, 2.05) is 17.3 Å². The molecule has 0 spiro atoms. The average Bonchev–Trinajstić information content (AvgIpc) is 3.08. The van der Waals surface area contributed by atoms with Crippen LogP contribution in [-0.4, -0.2) is 57.1 Å². The summed E-state index contributed by atoms with van der Waals surface area (Å²) in [5.41, 5.74) is 0.410. The second kappa shape index (κ2) is 7.32. The molecule has 7 heteroatoms. The Kier molecular flexibility index (Phi) is 4.97. The fourth-order valence-electron chi connectivity index (χ4n) is 2.97. The number of likely N-dealkylation sites (tertiary alicyclic amines) is 1. The van der Waals surface area contributed by atoms with Gasteiger partial charge in [0.25, 0.3) is 5.91 Å². The molecule has 2 aromatic heterocycles. The first kappa shape index (κ1) is 15.6. The molecule has 0 atom stereocenters. The van der Waals surface area contributed by atoms with Gasteiger partial charge in [0.1, 0.15) is 11.5 Å². The molecule has 1 aliphatic heterocycles. The molecule has 0 aliphatic carbocycles. The SMILES string of the molecule is COCCn1ccnc1C1CCN(C(=O)c2cnccn2)CC1. The number of imidazole rings is 1. The van der Waals surface area contributed by atoms with Crippen LogP contribution in [0, 0.1) is 0 Å². The zero-order valence-electron chi connectivity index (χ0n) is 13.3. The number of rotatable bonds is 5. The first-order valence-corrected chi connectivity index (χ1v) is 7.85. The fraction of sp³-hybridized carbons (Fsp3) is 0.500. The van der Waals surface area contributed by atoms with Gasteiger partial charge in [-0.05, 0) is 12.8 Å². The number of carbonyl (C=O) groups is 1. The van der Waals surface area contributed by atoms with E-state index in [0.717, 1.165) is 38.3 Å². The number of aromatic nitrogens is 4. The van der Waals surface area contributed by atoms with Crippen molar-refractivity contribution in [3.05, 3.63) is 42.5 Å². The lowest BCUT2D eigenvalue weighted by Gasteiger charge is -2.31. The number of nitrogens with zero attached hydrogens (tertiary/aromatic N) is 5. The summed E-state index contributed by atoms with van der Waals surface area (Å²) in [5, 5.41) is 0. The van der Waals surface area contributed by atoms with Gasteiger partial charge >= 0.3 is 0 Å². The lowest BCUT2D eigenvalue weighted by molar-refractivity contribution is 0.0703. The molecule has 0 saturated carbocycles. The maximum atomic E-state index is 12.4. The average molecular weight is 315 g/mol. The third kappa shape index (κ3) is 3.56. The summed E-state index contributed by atoms with van der Waals surface area (Å²) in [6, 6.07) is 0. The molecule has 3 rings (SSSR count). The van der Waals surface area contributed by atoms with Crippen LogP contribution in [-0.2, 0) is 11.3 Å². The van der Waals surface area contributed by atoms with E-state index in [0.29, 0.717) is 18.2 Å². The van der Waals surface area contributed by atoms with Gasteiger partial charge in [0.2, 0.25) is 0 Å². The first-order valence-electron chi connectivity index (χ1n) is 7.85. The van der Waals surface area contributed by atoms with Crippen molar-refractivity contribution in [2.24, 2.45) is 0 Å². The van der Waals surface area contributed by atoms with E-state index >= 15 is 0 Å². The molecule has 1 fully saturated rings. The molecule has 0 radical (unpaired) electrons. The smallest absolute Gasteiger partial charge is 0.274 e. The van der Waals surface area contributed by atoms with Crippen molar-refractivity contribution in [3.8, 4) is 0 Å². The highest BCUT2D eigenvalue weighted by Gasteiger charge is 2.27. The molecule has 0 aromatic carbocycles. The molecule has 1 amide bonds. The number of amides is 1. The minimum Gasteiger partial charge on any atom is -0.383 e. The van der Waals surface area contributed by atoms with Crippen molar-refractivity contribution in [1.29, 1.82) is 0 Å². The maximum absolute atomic E-state index is 12.4. The summed E-state index contributed by atoms with van der Waals surface area (Å²) in [4.78, 5) is 26.8. The van der Waals surface area contributed by atoms with Gasteiger partial charge in [-0.2, -0.15) is 0 Å². The van der Waals surface area contributed by atoms with E-state index in [9.17, 15) is 4.79 Å². The molecular weight excluding hydrogens is 294 g/mol. The van der Waals surface area contributed by atoms with E-state index < -0.39 is 0 Å². The Bertz CT molecular complexity index is 635. The topological polar surface area (TPSA) is 73.1 Å². The predicted octanol–water partition coefficient (Wildman–Crippen LogP) is 1.34. The lowest BCUT2D eigenvalue weighted by atomic mass is 9.95. The summed E-state index contributed by atoms with van der Waals surface area (Å²) < 4.78 is 7.29. The van der Waals surface area contributed by atoms with E-state index in [2.05, 4.69) is 19.5 Å². The number of ether oxygens (including phenoxy) is 1. The zero-order valence-corrected chi connectivity index (χ0v) is 13.3. The standard InChI is InChI=1S/C16H21N5O2/c1-23-11-10-20-9-6-19-15(20)13-2-7-21(8-3-13)16(22)14-12-17-4-5-18-14/h4-6,9,12-13H,2-3,7-8,10-11H2,1H3. The number of methoxy groups -OCH3 is 1. The molecule has 0 N–H and O–H groups in total. The van der Waals surface area contributed by atoms with Gasteiger partial charge in [0.05, 0.1) is 12.8 Å². The Morgan fingerprint density at radius 1 is 1.26 bits per heavy atom. The van der Waals surface area contributed by atoms with Crippen molar-refractivity contribution in [1.82, 2.24) is 24.4 Å². The van der Waals surface area contributed by atoms with Crippen LogP contribution in [0.2, 0.25) is 0 Å². The second-order valence-corrected chi connectivity index (χ2v) is 5.63. The third-order valence-corrected chi connectivity index (χ3v) is 4.21. The second-order valence-electron chi connectivity index (χ2n) is 5.63. The molecule has 2 aromatic rings. The number of carbonyl (C=O) groups excluding carboxylic acids is 1. The van der Waals surface area contributed by atoms with Crippen LogP contribution in [0.4, 0.5) is 0 Å². The summed E-state index contributed by atoms with van der Waals surface area (Å²) >= 11 is 0. The quantitative estimate of drug-likeness (QED) is 0.832. The molecule has 23 heavy (non-hydrogen) atoms. The van der Waals surface area contributed by atoms with Crippen LogP contribution in [0.1, 0.15) is 35.1 Å². The summed E-state index contributed by atoms with van der Waals surface area (Å²) in [5.74, 6) is 1.43. The van der Waals surface area contributed by atoms with Crippen LogP contribution < -0.4 is 0 Å². The number of hydrogen-bond acceptors (Lipinski definition) is 5. The van der Waals surface area contributed by atoms with Crippen molar-refractivity contribution < 1.29 is 9.53 Å². The number of piperidine rings is 1. The van der Waals surface area contributed by atoms with E-state index in [4.69, 9.17) is 4.74 Å². The highest BCUT2D eigenvalue weighted by Crippen LogP contribution is 2.27. The Hall–Kier alpha value is -2.28. The molecule has 1 aliphatic rings. The Labute approximate surface area is 135 Å². The van der Waals surface area contributed by atoms with Crippen molar-refractivity contribution in [2.75, 3.05) is 26.8 Å². The van der Waals surface area contributed by atoms with Crippen molar-refractivity contribution >= 4 is 5.91 Å². The number of hydrogen-bond donors (Lipinski definition) is 0. The van der Waals surface area contributed by atoms with E-state index in [1.165, 1.54) is 6.20 Å². The van der Waals surface area contributed by atoms with Crippen LogP contribution >= 0.6 is 0 Å². The van der Waals surface area contributed by atoms with Crippen LogP contribution in [0.25, 0.3) is 0 Å². The largest absolute Gasteiger partial charge is 0.383 e. The first-order chi connectivity index (χ1) is 11.3. The molecule has 0 unspecified atom stereocenters. The van der Waals surface area contributed by atoms with E-state index in [1.54, 1.807) is 19.5 Å². The monoisotopic (exact) mass is 315 g/mol. The van der Waals surface area contributed by atoms with Gasteiger partial charge in [-0.3, -0.25) is 9.78 Å². The van der Waals surface area contributed by atoms with E-state index in [-0.39, 0.29) is 5.91 Å². The minimum atomic E-state index is -0.0423. The van der Waals surface area contributed by atoms with Crippen LogP contribution in [0.5, 0.6) is 0 Å². The Balaban J connectivity index is 1.60. The van der Waals surface area contributed by atoms with Crippen LogP contribution in [0.15, 0.2) is 31.0 Å². The van der Waals surface area contributed by atoms with Gasteiger partial charge in [-0.15, -0.1) is 0 Å². The molecule has 122 valence electrons. The zero-order chi connectivity index (χ0) is 16.1. The Morgan fingerprint density at radius 3 is 2.78 bits per heavy atom. The summed E-state index contributed by atoms with van der Waals surface area (Å²) in [7, 11) is 1.70. The van der Waals surface area contributed by atoms with Gasteiger partial charge in [0.15, 0.2) is 0 Å². The highest BCUT2D eigenvalue weighted by atomic mass is 16.5. The highest BCUT2D eigenvalue weighted by molar-refractivity contribution is 5.92. The maximum Gasteiger partial charge on any atom is 0.274 e. The van der Waals surface area contributed by atoms with Crippen molar-refractivity contribution in [3.63, 3.8) is 0 Å². The van der Waals surface area contributed by atoms with Gasteiger partial charge in [0, 0.05) is 57.4 Å². The summed E-state index contributed by atoms with van der Waals surface area (Å²) in [6.07, 6.45) is 10.3. The third-order valence-electron chi connectivity index (χ3n) is 4.21. The summed E-state index contributed by atoms with van der Waals surface area (Å²) in [6.45, 7) is 2.92. The molecule has 0 bridgehead atoms. The minimum absolute atomic E-state index is 0.0423. The molecule has 1 saturated heterocycles.